The molecular formula is C18H15NO4S2. The Morgan fingerprint density at radius 3 is 2.56 bits per heavy atom. The SMILES string of the molecule is CCOc1ccc(N2C(=O)/C(=C/c3ccc(O)cc3O)SC2=S)cc1. The van der Waals surface area contributed by atoms with E-state index in [1.54, 1.807) is 30.3 Å². The van der Waals surface area contributed by atoms with Crippen molar-refractivity contribution in [2.75, 3.05) is 11.5 Å². The van der Waals surface area contributed by atoms with Crippen molar-refractivity contribution >= 4 is 46.0 Å². The van der Waals surface area contributed by atoms with Crippen LogP contribution in [0.4, 0.5) is 5.69 Å². The summed E-state index contributed by atoms with van der Waals surface area (Å²) in [6.45, 7) is 2.47. The maximum Gasteiger partial charge on any atom is 0.270 e. The Kier molecular flexibility index (Phi) is 4.96. The lowest BCUT2D eigenvalue weighted by Crippen LogP contribution is -2.27. The molecule has 0 atom stereocenters. The van der Waals surface area contributed by atoms with E-state index >= 15 is 0 Å². The zero-order chi connectivity index (χ0) is 18.0. The summed E-state index contributed by atoms with van der Waals surface area (Å²) < 4.78 is 5.81. The van der Waals surface area contributed by atoms with Gasteiger partial charge in [0.15, 0.2) is 4.32 Å². The number of amides is 1. The van der Waals surface area contributed by atoms with E-state index in [4.69, 9.17) is 17.0 Å². The molecule has 0 bridgehead atoms. The lowest BCUT2D eigenvalue weighted by atomic mass is 10.1. The number of carbonyl (C=O) groups is 1. The molecule has 0 aliphatic carbocycles. The van der Waals surface area contributed by atoms with Crippen LogP contribution >= 0.6 is 24.0 Å². The summed E-state index contributed by atoms with van der Waals surface area (Å²) in [7, 11) is 0. The molecule has 0 unspecified atom stereocenters. The van der Waals surface area contributed by atoms with Crippen LogP contribution in [0.25, 0.3) is 6.08 Å². The van der Waals surface area contributed by atoms with Crippen molar-refractivity contribution in [1.29, 1.82) is 0 Å². The fourth-order valence-electron chi connectivity index (χ4n) is 2.34. The maximum absolute atomic E-state index is 12.7. The van der Waals surface area contributed by atoms with Crippen LogP contribution in [0.5, 0.6) is 17.2 Å². The van der Waals surface area contributed by atoms with Crippen molar-refractivity contribution in [2.45, 2.75) is 6.92 Å². The monoisotopic (exact) mass is 373 g/mol. The van der Waals surface area contributed by atoms with Gasteiger partial charge in [0.25, 0.3) is 5.91 Å². The number of rotatable bonds is 4. The van der Waals surface area contributed by atoms with Crippen molar-refractivity contribution in [3.63, 3.8) is 0 Å². The van der Waals surface area contributed by atoms with E-state index in [2.05, 4.69) is 0 Å². The van der Waals surface area contributed by atoms with Crippen molar-refractivity contribution in [3.05, 3.63) is 52.9 Å². The highest BCUT2D eigenvalue weighted by molar-refractivity contribution is 8.27. The quantitative estimate of drug-likeness (QED) is 0.626. The molecule has 1 aliphatic rings. The van der Waals surface area contributed by atoms with Crippen LogP contribution in [0, 0.1) is 0 Å². The highest BCUT2D eigenvalue weighted by Gasteiger charge is 2.33. The van der Waals surface area contributed by atoms with Gasteiger partial charge in [-0.3, -0.25) is 9.69 Å². The second-order valence-corrected chi connectivity index (χ2v) is 6.86. The number of aromatic hydroxyl groups is 2. The van der Waals surface area contributed by atoms with Crippen molar-refractivity contribution < 1.29 is 19.7 Å². The molecule has 128 valence electrons. The van der Waals surface area contributed by atoms with Crippen LogP contribution in [0.2, 0.25) is 0 Å². The molecule has 1 aliphatic heterocycles. The zero-order valence-corrected chi connectivity index (χ0v) is 14.9. The molecule has 7 heteroatoms. The van der Waals surface area contributed by atoms with E-state index in [0.717, 1.165) is 17.5 Å². The number of phenols is 2. The predicted molar refractivity (Wildman–Crippen MR) is 103 cm³/mol. The Labute approximate surface area is 154 Å². The standard InChI is InChI=1S/C18H15NO4S2/c1-2-23-14-7-4-12(5-8-14)19-17(22)16(25-18(19)24)9-11-3-6-13(20)10-15(11)21/h3-10,20-21H,2H2,1H3/b16-9-. The van der Waals surface area contributed by atoms with Gasteiger partial charge < -0.3 is 14.9 Å². The Hall–Kier alpha value is -2.51. The van der Waals surface area contributed by atoms with Gasteiger partial charge in [-0.15, -0.1) is 0 Å². The minimum atomic E-state index is -0.258. The summed E-state index contributed by atoms with van der Waals surface area (Å²) >= 11 is 6.49. The van der Waals surface area contributed by atoms with Crippen LogP contribution in [0.3, 0.4) is 0 Å². The van der Waals surface area contributed by atoms with Crippen molar-refractivity contribution in [1.82, 2.24) is 0 Å². The molecule has 0 saturated carbocycles. The van der Waals surface area contributed by atoms with E-state index < -0.39 is 0 Å². The molecule has 2 aromatic rings. The predicted octanol–water partition coefficient (Wildman–Crippen LogP) is 3.90. The average molecular weight is 373 g/mol. The van der Waals surface area contributed by atoms with Crippen molar-refractivity contribution in [2.24, 2.45) is 0 Å². The minimum absolute atomic E-state index is 0.0448. The summed E-state index contributed by atoms with van der Waals surface area (Å²) in [5, 5.41) is 19.2. The van der Waals surface area contributed by atoms with Gasteiger partial charge in [0.05, 0.1) is 17.2 Å². The van der Waals surface area contributed by atoms with Gasteiger partial charge in [-0.2, -0.15) is 0 Å². The number of nitrogens with zero attached hydrogens (tertiary/aromatic N) is 1. The van der Waals surface area contributed by atoms with Crippen LogP contribution < -0.4 is 9.64 Å². The molecular weight excluding hydrogens is 358 g/mol. The largest absolute Gasteiger partial charge is 0.508 e. The van der Waals surface area contributed by atoms with Gasteiger partial charge in [-0.05, 0) is 49.4 Å². The van der Waals surface area contributed by atoms with Crippen LogP contribution in [-0.4, -0.2) is 27.0 Å². The number of thiocarbonyl (C=S) groups is 1. The molecule has 0 spiro atoms. The number of hydrogen-bond donors (Lipinski definition) is 2. The molecule has 1 saturated heterocycles. The van der Waals surface area contributed by atoms with Gasteiger partial charge in [0.2, 0.25) is 0 Å². The molecule has 1 heterocycles. The highest BCUT2D eigenvalue weighted by Crippen LogP contribution is 2.37. The molecule has 25 heavy (non-hydrogen) atoms. The van der Waals surface area contributed by atoms with E-state index in [1.165, 1.54) is 23.1 Å². The second kappa shape index (κ2) is 7.16. The summed E-state index contributed by atoms with van der Waals surface area (Å²) in [5.74, 6) is 0.316. The van der Waals surface area contributed by atoms with Gasteiger partial charge in [0, 0.05) is 11.6 Å². The number of anilines is 1. The normalized spacial score (nSPS) is 15.9. The average Bonchev–Trinajstić information content (AvgIpc) is 2.85. The van der Waals surface area contributed by atoms with E-state index in [1.807, 2.05) is 6.92 Å². The first kappa shape index (κ1) is 17.3. The van der Waals surface area contributed by atoms with Crippen LogP contribution in [0.15, 0.2) is 47.4 Å². The number of phenolic OH excluding ortho intramolecular Hbond substituents is 2. The van der Waals surface area contributed by atoms with Gasteiger partial charge >= 0.3 is 0 Å². The number of carbonyl (C=O) groups excluding carboxylic acids is 1. The third-order valence-electron chi connectivity index (χ3n) is 3.50. The van der Waals surface area contributed by atoms with E-state index in [-0.39, 0.29) is 17.4 Å². The van der Waals surface area contributed by atoms with E-state index in [9.17, 15) is 15.0 Å². The Morgan fingerprint density at radius 2 is 1.92 bits per heavy atom. The molecule has 3 rings (SSSR count). The summed E-state index contributed by atoms with van der Waals surface area (Å²) in [4.78, 5) is 14.5. The lowest BCUT2D eigenvalue weighted by Gasteiger charge is -2.15. The van der Waals surface area contributed by atoms with Gasteiger partial charge in [0.1, 0.15) is 17.2 Å². The van der Waals surface area contributed by atoms with Crippen LogP contribution in [0.1, 0.15) is 12.5 Å². The molecule has 2 N–H and O–H groups in total. The number of benzene rings is 2. The Bertz CT molecular complexity index is 862. The Balaban J connectivity index is 1.88. The summed E-state index contributed by atoms with van der Waals surface area (Å²) in [6, 6.07) is 11.3. The lowest BCUT2D eigenvalue weighted by molar-refractivity contribution is -0.113. The third kappa shape index (κ3) is 3.62. The first-order valence-corrected chi connectivity index (χ1v) is 8.75. The zero-order valence-electron chi connectivity index (χ0n) is 13.3. The molecule has 5 nitrogen and oxygen atoms in total. The fourth-order valence-corrected chi connectivity index (χ4v) is 3.63. The van der Waals surface area contributed by atoms with Gasteiger partial charge in [-0.25, -0.2) is 0 Å². The van der Waals surface area contributed by atoms with Crippen LogP contribution in [-0.2, 0) is 4.79 Å². The Morgan fingerprint density at radius 1 is 1.20 bits per heavy atom. The topological polar surface area (TPSA) is 70.0 Å². The number of ether oxygens (including phenoxy) is 1. The van der Waals surface area contributed by atoms with Crippen molar-refractivity contribution in [3.8, 4) is 17.2 Å². The fraction of sp³-hybridized carbons (Fsp3) is 0.111. The van der Waals surface area contributed by atoms with E-state index in [0.29, 0.717) is 27.1 Å². The first-order chi connectivity index (χ1) is 12.0. The van der Waals surface area contributed by atoms with Gasteiger partial charge in [-0.1, -0.05) is 24.0 Å². The molecule has 0 aromatic heterocycles. The first-order valence-electron chi connectivity index (χ1n) is 7.52. The summed E-state index contributed by atoms with van der Waals surface area (Å²) in [5.41, 5.74) is 1.09. The molecule has 0 radical (unpaired) electrons. The smallest absolute Gasteiger partial charge is 0.270 e. The molecule has 1 amide bonds. The molecule has 1 fully saturated rings. The third-order valence-corrected chi connectivity index (χ3v) is 4.80. The number of hydrogen-bond acceptors (Lipinski definition) is 6. The maximum atomic E-state index is 12.7. The number of thioether (sulfide) groups is 1. The second-order valence-electron chi connectivity index (χ2n) is 5.19. The highest BCUT2D eigenvalue weighted by atomic mass is 32.2. The minimum Gasteiger partial charge on any atom is -0.508 e. The molecule has 2 aromatic carbocycles. The summed E-state index contributed by atoms with van der Waals surface area (Å²) in [6.07, 6.45) is 1.56.